The van der Waals surface area contributed by atoms with E-state index in [1.54, 1.807) is 48.5 Å². The molecule has 0 aliphatic rings. The highest BCUT2D eigenvalue weighted by atomic mass is 16.5. The predicted molar refractivity (Wildman–Crippen MR) is 97.5 cm³/mol. The molecular formula is C19H20N2O5. The maximum atomic E-state index is 11.9. The van der Waals surface area contributed by atoms with Crippen molar-refractivity contribution in [1.29, 1.82) is 0 Å². The lowest BCUT2D eigenvalue weighted by atomic mass is 10.3. The van der Waals surface area contributed by atoms with Crippen molar-refractivity contribution in [3.05, 3.63) is 48.5 Å². The van der Waals surface area contributed by atoms with Gasteiger partial charge in [-0.05, 0) is 48.5 Å². The molecule has 2 aromatic carbocycles. The zero-order valence-electron chi connectivity index (χ0n) is 14.6. The molecule has 136 valence electrons. The number of ketones is 1. The second-order valence-corrected chi connectivity index (χ2v) is 5.53. The number of hydrogen-bond acceptors (Lipinski definition) is 5. The van der Waals surface area contributed by atoms with Gasteiger partial charge in [-0.3, -0.25) is 14.4 Å². The van der Waals surface area contributed by atoms with E-state index in [-0.39, 0.29) is 30.8 Å². The second-order valence-electron chi connectivity index (χ2n) is 5.53. The van der Waals surface area contributed by atoms with Crippen molar-refractivity contribution in [2.75, 3.05) is 23.8 Å². The summed E-state index contributed by atoms with van der Waals surface area (Å²) in [6.45, 7) is 2.61. The van der Waals surface area contributed by atoms with E-state index in [1.165, 1.54) is 13.8 Å². The summed E-state index contributed by atoms with van der Waals surface area (Å²) in [7, 11) is 0. The molecule has 0 aliphatic carbocycles. The molecule has 7 heteroatoms. The number of rotatable bonds is 8. The zero-order chi connectivity index (χ0) is 18.9. The van der Waals surface area contributed by atoms with Crippen molar-refractivity contribution >= 4 is 29.0 Å². The maximum Gasteiger partial charge on any atom is 0.221 e. The summed E-state index contributed by atoms with van der Waals surface area (Å²) in [6, 6.07) is 13.4. The highest BCUT2D eigenvalue weighted by Gasteiger charge is 2.06. The number of carbonyl (C=O) groups excluding carboxylic acids is 3. The fraction of sp³-hybridized carbons (Fsp3) is 0.211. The Kier molecular flexibility index (Phi) is 6.73. The van der Waals surface area contributed by atoms with Gasteiger partial charge in [0.1, 0.15) is 24.7 Å². The molecule has 26 heavy (non-hydrogen) atoms. The van der Waals surface area contributed by atoms with Gasteiger partial charge < -0.3 is 20.1 Å². The first-order valence-electron chi connectivity index (χ1n) is 7.95. The average Bonchev–Trinajstić information content (AvgIpc) is 2.59. The molecule has 2 amide bonds. The van der Waals surface area contributed by atoms with Crippen LogP contribution in [-0.4, -0.2) is 30.8 Å². The van der Waals surface area contributed by atoms with E-state index in [4.69, 9.17) is 9.47 Å². The molecule has 0 fully saturated rings. The average molecular weight is 356 g/mol. The lowest BCUT2D eigenvalue weighted by Gasteiger charge is -2.09. The highest BCUT2D eigenvalue weighted by Crippen LogP contribution is 2.17. The summed E-state index contributed by atoms with van der Waals surface area (Å²) < 4.78 is 10.8. The van der Waals surface area contributed by atoms with Crippen LogP contribution in [0.25, 0.3) is 0 Å². The van der Waals surface area contributed by atoms with Gasteiger partial charge in [0.2, 0.25) is 17.6 Å². The molecule has 0 bridgehead atoms. The Bertz CT molecular complexity index is 704. The van der Waals surface area contributed by atoms with E-state index >= 15 is 0 Å². The minimum atomic E-state index is -0.220. The number of hydrogen-bond donors (Lipinski definition) is 2. The third kappa shape index (κ3) is 6.64. The van der Waals surface area contributed by atoms with Crippen molar-refractivity contribution in [3.63, 3.8) is 0 Å². The van der Waals surface area contributed by atoms with E-state index in [2.05, 4.69) is 10.6 Å². The van der Waals surface area contributed by atoms with Gasteiger partial charge in [0.25, 0.3) is 0 Å². The first kappa shape index (κ1) is 19.0. The molecule has 0 heterocycles. The molecule has 0 atom stereocenters. The number of Topliss-reactive ketones (excluding diaryl/α,β-unsaturated/α-hetero) is 1. The summed E-state index contributed by atoms with van der Waals surface area (Å²) in [5, 5.41) is 5.29. The van der Waals surface area contributed by atoms with E-state index in [0.717, 1.165) is 0 Å². The van der Waals surface area contributed by atoms with Gasteiger partial charge >= 0.3 is 0 Å². The first-order valence-corrected chi connectivity index (χ1v) is 7.95. The topological polar surface area (TPSA) is 93.7 Å². The number of ether oxygens (including phenoxy) is 2. The van der Waals surface area contributed by atoms with Gasteiger partial charge in [0, 0.05) is 25.2 Å². The minimum absolute atomic E-state index is 0.122. The Morgan fingerprint density at radius 3 is 1.35 bits per heavy atom. The van der Waals surface area contributed by atoms with Crippen molar-refractivity contribution in [2.45, 2.75) is 13.8 Å². The van der Waals surface area contributed by atoms with E-state index in [1.807, 2.05) is 0 Å². The van der Waals surface area contributed by atoms with Gasteiger partial charge in [-0.1, -0.05) is 0 Å². The van der Waals surface area contributed by atoms with Crippen LogP contribution in [-0.2, 0) is 14.4 Å². The monoisotopic (exact) mass is 356 g/mol. The summed E-state index contributed by atoms with van der Waals surface area (Å²) >= 11 is 0. The number of amides is 2. The van der Waals surface area contributed by atoms with Crippen LogP contribution in [0.1, 0.15) is 13.8 Å². The van der Waals surface area contributed by atoms with E-state index < -0.39 is 0 Å². The van der Waals surface area contributed by atoms with Crippen molar-refractivity contribution < 1.29 is 23.9 Å². The van der Waals surface area contributed by atoms with Crippen molar-refractivity contribution in [2.24, 2.45) is 0 Å². The quantitative estimate of drug-likeness (QED) is 0.758. The number of benzene rings is 2. The summed E-state index contributed by atoms with van der Waals surface area (Å²) in [5.74, 6) is 0.508. The lowest BCUT2D eigenvalue weighted by molar-refractivity contribution is -0.123. The molecular weight excluding hydrogens is 336 g/mol. The van der Waals surface area contributed by atoms with E-state index in [9.17, 15) is 14.4 Å². The van der Waals surface area contributed by atoms with Crippen LogP contribution in [0.2, 0.25) is 0 Å². The van der Waals surface area contributed by atoms with Gasteiger partial charge in [0.05, 0.1) is 0 Å². The van der Waals surface area contributed by atoms with E-state index in [0.29, 0.717) is 22.9 Å². The van der Waals surface area contributed by atoms with Crippen LogP contribution in [0.5, 0.6) is 11.5 Å². The van der Waals surface area contributed by atoms with Gasteiger partial charge in [-0.2, -0.15) is 0 Å². The number of nitrogens with one attached hydrogen (secondary N) is 2. The summed E-state index contributed by atoms with van der Waals surface area (Å²) in [4.78, 5) is 33.7. The molecule has 2 aromatic rings. The molecule has 0 aromatic heterocycles. The highest BCUT2D eigenvalue weighted by molar-refractivity contribution is 5.89. The normalized spacial score (nSPS) is 9.92. The summed E-state index contributed by atoms with van der Waals surface area (Å²) in [5.41, 5.74) is 1.31. The Labute approximate surface area is 151 Å². The third-order valence-electron chi connectivity index (χ3n) is 3.15. The molecule has 2 N–H and O–H groups in total. The molecule has 2 rings (SSSR count). The first-order chi connectivity index (χ1) is 12.4. The van der Waals surface area contributed by atoms with Crippen LogP contribution < -0.4 is 20.1 Å². The Morgan fingerprint density at radius 1 is 0.692 bits per heavy atom. The Hall–Kier alpha value is -3.35. The zero-order valence-corrected chi connectivity index (χ0v) is 14.6. The smallest absolute Gasteiger partial charge is 0.221 e. The number of carbonyl (C=O) groups is 3. The molecule has 7 nitrogen and oxygen atoms in total. The van der Waals surface area contributed by atoms with Gasteiger partial charge in [-0.15, -0.1) is 0 Å². The molecule has 0 spiro atoms. The number of anilines is 2. The van der Waals surface area contributed by atoms with Gasteiger partial charge in [0.15, 0.2) is 0 Å². The second kappa shape index (κ2) is 9.22. The van der Waals surface area contributed by atoms with Gasteiger partial charge in [-0.25, -0.2) is 0 Å². The molecule has 0 saturated carbocycles. The predicted octanol–water partition coefficient (Wildman–Crippen LogP) is 2.63. The van der Waals surface area contributed by atoms with Crippen molar-refractivity contribution in [1.82, 2.24) is 0 Å². The fourth-order valence-corrected chi connectivity index (χ4v) is 2.04. The van der Waals surface area contributed by atoms with Crippen molar-refractivity contribution in [3.8, 4) is 11.5 Å². The van der Waals surface area contributed by atoms with Crippen LogP contribution in [0.15, 0.2) is 48.5 Å². The Morgan fingerprint density at radius 2 is 1.04 bits per heavy atom. The summed E-state index contributed by atoms with van der Waals surface area (Å²) in [6.07, 6.45) is 0. The van der Waals surface area contributed by atoms with Crippen LogP contribution in [0, 0.1) is 0 Å². The SMILES string of the molecule is CC(=O)Nc1ccc(OCC(=O)COc2ccc(NC(C)=O)cc2)cc1. The fourth-order valence-electron chi connectivity index (χ4n) is 2.04. The molecule has 0 saturated heterocycles. The van der Waals surface area contributed by atoms with Crippen LogP contribution in [0.4, 0.5) is 11.4 Å². The Balaban J connectivity index is 1.74. The molecule has 0 unspecified atom stereocenters. The third-order valence-corrected chi connectivity index (χ3v) is 3.15. The standard InChI is InChI=1S/C19H20N2O5/c1-13(22)20-15-3-7-18(8-4-15)25-11-17(24)12-26-19-9-5-16(6-10-19)21-14(2)23/h3-10H,11-12H2,1-2H3,(H,20,22)(H,21,23). The van der Waals surface area contributed by atoms with Crippen LogP contribution >= 0.6 is 0 Å². The van der Waals surface area contributed by atoms with Crippen LogP contribution in [0.3, 0.4) is 0 Å². The lowest BCUT2D eigenvalue weighted by Crippen LogP contribution is -2.19. The largest absolute Gasteiger partial charge is 0.486 e. The maximum absolute atomic E-state index is 11.9. The minimum Gasteiger partial charge on any atom is -0.486 e. The molecule has 0 aliphatic heterocycles. The molecule has 0 radical (unpaired) electrons.